The van der Waals surface area contributed by atoms with E-state index in [0.717, 1.165) is 24.8 Å². The first-order valence-corrected chi connectivity index (χ1v) is 7.83. The molecule has 1 aliphatic carbocycles. The smallest absolute Gasteiger partial charge is 0.254 e. The van der Waals surface area contributed by atoms with Gasteiger partial charge in [0.25, 0.3) is 5.91 Å². The summed E-state index contributed by atoms with van der Waals surface area (Å²) in [5, 5.41) is 2.74. The molecule has 1 saturated carbocycles. The van der Waals surface area contributed by atoms with Gasteiger partial charge in [0.05, 0.1) is 11.7 Å². The molecule has 0 unspecified atom stereocenters. The number of hydrogen-bond donors (Lipinski definition) is 1. The maximum Gasteiger partial charge on any atom is 0.254 e. The highest BCUT2D eigenvalue weighted by atomic mass is 19.1. The number of ether oxygens (including phenoxy) is 1. The van der Waals surface area contributed by atoms with Gasteiger partial charge in [-0.05, 0) is 43.9 Å². The van der Waals surface area contributed by atoms with Crippen molar-refractivity contribution in [2.45, 2.75) is 51.6 Å². The normalized spacial score (nSPS) is 15.9. The third-order valence-corrected chi connectivity index (χ3v) is 3.88. The summed E-state index contributed by atoms with van der Waals surface area (Å²) in [4.78, 5) is 11.8. The molecule has 0 atom stereocenters. The van der Waals surface area contributed by atoms with Gasteiger partial charge in [0, 0.05) is 13.2 Å². The number of carbonyl (C=O) groups excluding carboxylic acids is 1. The summed E-state index contributed by atoms with van der Waals surface area (Å²) in [6.07, 6.45) is 7.29. The van der Waals surface area contributed by atoms with Gasteiger partial charge in [-0.15, -0.1) is 0 Å². The first-order valence-electron chi connectivity index (χ1n) is 7.83. The lowest BCUT2D eigenvalue weighted by Crippen LogP contribution is -2.27. The van der Waals surface area contributed by atoms with Crippen molar-refractivity contribution in [3.8, 4) is 0 Å². The highest BCUT2D eigenvalue weighted by Crippen LogP contribution is 2.20. The maximum absolute atomic E-state index is 13.6. The Morgan fingerprint density at radius 2 is 2.10 bits per heavy atom. The van der Waals surface area contributed by atoms with Crippen LogP contribution in [-0.2, 0) is 4.74 Å². The third kappa shape index (κ3) is 5.12. The minimum Gasteiger partial charge on any atom is -0.378 e. The SMILES string of the molecule is Cc1ccc(C(=O)NCCCOC2CCCCC2)c(F)c1. The van der Waals surface area contributed by atoms with Crippen LogP contribution in [0.4, 0.5) is 4.39 Å². The highest BCUT2D eigenvalue weighted by molar-refractivity contribution is 5.94. The monoisotopic (exact) mass is 293 g/mol. The summed E-state index contributed by atoms with van der Waals surface area (Å²) in [6, 6.07) is 4.64. The van der Waals surface area contributed by atoms with Crippen molar-refractivity contribution in [1.82, 2.24) is 5.32 Å². The van der Waals surface area contributed by atoms with Crippen LogP contribution in [0.25, 0.3) is 0 Å². The molecule has 0 bridgehead atoms. The van der Waals surface area contributed by atoms with Crippen molar-refractivity contribution in [3.63, 3.8) is 0 Å². The van der Waals surface area contributed by atoms with Crippen molar-refractivity contribution in [1.29, 1.82) is 0 Å². The van der Waals surface area contributed by atoms with Gasteiger partial charge in [-0.25, -0.2) is 4.39 Å². The molecule has 0 saturated heterocycles. The van der Waals surface area contributed by atoms with E-state index in [-0.39, 0.29) is 11.5 Å². The molecule has 3 nitrogen and oxygen atoms in total. The third-order valence-electron chi connectivity index (χ3n) is 3.88. The lowest BCUT2D eigenvalue weighted by Gasteiger charge is -2.21. The van der Waals surface area contributed by atoms with Crippen LogP contribution < -0.4 is 5.32 Å². The highest BCUT2D eigenvalue weighted by Gasteiger charge is 2.13. The van der Waals surface area contributed by atoms with E-state index in [1.807, 2.05) is 0 Å². The molecule has 1 aromatic carbocycles. The van der Waals surface area contributed by atoms with Crippen LogP contribution in [0.15, 0.2) is 18.2 Å². The van der Waals surface area contributed by atoms with Crippen LogP contribution in [0.1, 0.15) is 54.4 Å². The molecule has 0 aliphatic heterocycles. The van der Waals surface area contributed by atoms with Gasteiger partial charge >= 0.3 is 0 Å². The molecule has 1 aliphatic rings. The van der Waals surface area contributed by atoms with E-state index in [2.05, 4.69) is 5.32 Å². The Hall–Kier alpha value is -1.42. The molecule has 0 spiro atoms. The topological polar surface area (TPSA) is 38.3 Å². The first kappa shape index (κ1) is 16.0. The number of rotatable bonds is 6. The Morgan fingerprint density at radius 3 is 2.81 bits per heavy atom. The van der Waals surface area contributed by atoms with Crippen LogP contribution in [-0.4, -0.2) is 25.2 Å². The largest absolute Gasteiger partial charge is 0.378 e. The summed E-state index contributed by atoms with van der Waals surface area (Å²) in [6.45, 7) is 2.97. The molecule has 4 heteroatoms. The van der Waals surface area contributed by atoms with Crippen molar-refractivity contribution in [2.24, 2.45) is 0 Å². The van der Waals surface area contributed by atoms with Gasteiger partial charge in [-0.1, -0.05) is 25.3 Å². The van der Waals surface area contributed by atoms with Gasteiger partial charge in [0.1, 0.15) is 5.82 Å². The molecule has 1 amide bonds. The average molecular weight is 293 g/mol. The fraction of sp³-hybridized carbons (Fsp3) is 0.588. The first-order chi connectivity index (χ1) is 10.2. The van der Waals surface area contributed by atoms with Crippen LogP contribution in [0.3, 0.4) is 0 Å². The van der Waals surface area contributed by atoms with E-state index in [1.165, 1.54) is 31.4 Å². The van der Waals surface area contributed by atoms with Crippen molar-refractivity contribution >= 4 is 5.91 Å². The Morgan fingerprint density at radius 1 is 1.33 bits per heavy atom. The van der Waals surface area contributed by atoms with Gasteiger partial charge in [-0.2, -0.15) is 0 Å². The fourth-order valence-corrected chi connectivity index (χ4v) is 2.66. The molecule has 1 fully saturated rings. The van der Waals surface area contributed by atoms with Crippen molar-refractivity contribution < 1.29 is 13.9 Å². The number of carbonyl (C=O) groups is 1. The van der Waals surface area contributed by atoms with E-state index < -0.39 is 5.82 Å². The quantitative estimate of drug-likeness (QED) is 0.814. The van der Waals surface area contributed by atoms with Crippen LogP contribution in [0, 0.1) is 12.7 Å². The second kappa shape index (κ2) is 8.13. The lowest BCUT2D eigenvalue weighted by atomic mass is 9.98. The molecule has 2 rings (SSSR count). The Bertz CT molecular complexity index is 470. The van der Waals surface area contributed by atoms with Gasteiger partial charge < -0.3 is 10.1 Å². The zero-order chi connectivity index (χ0) is 15.1. The minimum absolute atomic E-state index is 0.105. The second-order valence-corrected chi connectivity index (χ2v) is 5.72. The van der Waals surface area contributed by atoms with Crippen LogP contribution >= 0.6 is 0 Å². The van der Waals surface area contributed by atoms with Crippen LogP contribution in [0.2, 0.25) is 0 Å². The molecular formula is C17H24FNO2. The number of aryl methyl sites for hydroxylation is 1. The lowest BCUT2D eigenvalue weighted by molar-refractivity contribution is 0.0273. The Balaban J connectivity index is 1.64. The number of hydrogen-bond acceptors (Lipinski definition) is 2. The minimum atomic E-state index is -0.467. The average Bonchev–Trinajstić information content (AvgIpc) is 2.47. The van der Waals surface area contributed by atoms with Gasteiger partial charge in [0.2, 0.25) is 0 Å². The molecule has 0 aromatic heterocycles. The predicted octanol–water partition coefficient (Wildman–Crippen LogP) is 3.60. The summed E-state index contributed by atoms with van der Waals surface area (Å²) < 4.78 is 19.4. The summed E-state index contributed by atoms with van der Waals surface area (Å²) in [5.41, 5.74) is 0.915. The van der Waals surface area contributed by atoms with E-state index in [0.29, 0.717) is 19.3 Å². The van der Waals surface area contributed by atoms with Gasteiger partial charge in [-0.3, -0.25) is 4.79 Å². The van der Waals surface area contributed by atoms with E-state index in [9.17, 15) is 9.18 Å². The molecule has 1 N–H and O–H groups in total. The van der Waals surface area contributed by atoms with Crippen molar-refractivity contribution in [2.75, 3.05) is 13.2 Å². The Kier molecular flexibility index (Phi) is 6.18. The molecule has 0 heterocycles. The van der Waals surface area contributed by atoms with E-state index in [1.54, 1.807) is 13.0 Å². The molecule has 1 aromatic rings. The Labute approximate surface area is 125 Å². The molecule has 116 valence electrons. The molecule has 0 radical (unpaired) electrons. The van der Waals surface area contributed by atoms with E-state index in [4.69, 9.17) is 4.74 Å². The number of nitrogens with one attached hydrogen (secondary N) is 1. The maximum atomic E-state index is 13.6. The summed E-state index contributed by atoms with van der Waals surface area (Å²) in [7, 11) is 0. The predicted molar refractivity (Wildman–Crippen MR) is 80.9 cm³/mol. The van der Waals surface area contributed by atoms with Crippen molar-refractivity contribution in [3.05, 3.63) is 35.1 Å². The zero-order valence-corrected chi connectivity index (χ0v) is 12.7. The summed E-state index contributed by atoms with van der Waals surface area (Å²) >= 11 is 0. The number of halogens is 1. The molecule has 21 heavy (non-hydrogen) atoms. The zero-order valence-electron chi connectivity index (χ0n) is 12.7. The standard InChI is InChI=1S/C17H24FNO2/c1-13-8-9-15(16(18)12-13)17(20)19-10-5-11-21-14-6-3-2-4-7-14/h8-9,12,14H,2-7,10-11H2,1H3,(H,19,20). The number of benzene rings is 1. The number of amides is 1. The van der Waals surface area contributed by atoms with Gasteiger partial charge in [0.15, 0.2) is 0 Å². The molecular weight excluding hydrogens is 269 g/mol. The fourth-order valence-electron chi connectivity index (χ4n) is 2.66. The van der Waals surface area contributed by atoms with Crippen LogP contribution in [0.5, 0.6) is 0 Å². The second-order valence-electron chi connectivity index (χ2n) is 5.72. The summed E-state index contributed by atoms with van der Waals surface area (Å²) in [5.74, 6) is -0.823. The van der Waals surface area contributed by atoms with E-state index >= 15 is 0 Å².